The Morgan fingerprint density at radius 2 is 1.77 bits per heavy atom. The second kappa shape index (κ2) is 9.38. The van der Waals surface area contributed by atoms with Gasteiger partial charge in [-0.3, -0.25) is 0 Å². The number of rotatable bonds is 7. The first kappa shape index (κ1) is 24.2. The molecule has 0 bridgehead atoms. The van der Waals surface area contributed by atoms with E-state index in [1.54, 1.807) is 6.92 Å². The Morgan fingerprint density at radius 1 is 1.16 bits per heavy atom. The number of methoxy groups -OCH3 is 2. The first-order chi connectivity index (χ1) is 14.5. The maximum Gasteiger partial charge on any atom is 0.432 e. The van der Waals surface area contributed by atoms with Gasteiger partial charge in [-0.15, -0.1) is 0 Å². The predicted molar refractivity (Wildman–Crippen MR) is 107 cm³/mol. The third-order valence-corrected chi connectivity index (χ3v) is 4.70. The van der Waals surface area contributed by atoms with Gasteiger partial charge in [-0.25, -0.2) is 9.59 Å². The zero-order chi connectivity index (χ0) is 23.4. The number of hydrogen-bond donors (Lipinski definition) is 0. The SMILES string of the molecule is COc1cc(/C(C)=C/C(C)OC(=O)[C@@](OC)(c2ccccc2)C(F)(F)F)oc(=O)c1C. The van der Waals surface area contributed by atoms with Gasteiger partial charge in [0.2, 0.25) is 0 Å². The second-order valence-electron chi connectivity index (χ2n) is 6.80. The van der Waals surface area contributed by atoms with Gasteiger partial charge in [0.15, 0.2) is 0 Å². The van der Waals surface area contributed by atoms with Crippen LogP contribution in [0.25, 0.3) is 5.57 Å². The Labute approximate surface area is 177 Å². The van der Waals surface area contributed by atoms with Crippen molar-refractivity contribution in [3.8, 4) is 5.75 Å². The van der Waals surface area contributed by atoms with E-state index in [-0.39, 0.29) is 11.3 Å². The third kappa shape index (κ3) is 4.82. The number of benzene rings is 1. The van der Waals surface area contributed by atoms with Crippen LogP contribution in [0.4, 0.5) is 13.2 Å². The molecule has 2 aromatic rings. The summed E-state index contributed by atoms with van der Waals surface area (Å²) in [5.41, 5.74) is -3.67. The smallest absolute Gasteiger partial charge is 0.432 e. The van der Waals surface area contributed by atoms with Crippen molar-refractivity contribution in [2.24, 2.45) is 0 Å². The van der Waals surface area contributed by atoms with E-state index in [0.717, 1.165) is 19.2 Å². The normalized spacial score (nSPS) is 15.2. The number of carbonyl (C=O) groups excluding carboxylic acids is 1. The Bertz CT molecular complexity index is 1010. The molecule has 1 heterocycles. The molecule has 0 aliphatic carbocycles. The van der Waals surface area contributed by atoms with Crippen LogP contribution in [0.15, 0.2) is 51.7 Å². The minimum atomic E-state index is -5.07. The molecule has 0 radical (unpaired) electrons. The molecule has 0 aliphatic heterocycles. The summed E-state index contributed by atoms with van der Waals surface area (Å²) in [6.45, 7) is 4.47. The first-order valence-electron chi connectivity index (χ1n) is 9.24. The Hall–Kier alpha value is -3.07. The van der Waals surface area contributed by atoms with Crippen LogP contribution in [0, 0.1) is 6.92 Å². The van der Waals surface area contributed by atoms with Gasteiger partial charge in [0, 0.05) is 18.7 Å². The summed E-state index contributed by atoms with van der Waals surface area (Å²) in [6, 6.07) is 7.99. The molecule has 0 amide bonds. The van der Waals surface area contributed by atoms with Crippen molar-refractivity contribution < 1.29 is 36.6 Å². The van der Waals surface area contributed by atoms with E-state index in [4.69, 9.17) is 18.6 Å². The van der Waals surface area contributed by atoms with Crippen molar-refractivity contribution in [1.29, 1.82) is 0 Å². The molecule has 2 atom stereocenters. The van der Waals surface area contributed by atoms with Gasteiger partial charge < -0.3 is 18.6 Å². The fourth-order valence-corrected chi connectivity index (χ4v) is 3.05. The van der Waals surface area contributed by atoms with Gasteiger partial charge in [0.05, 0.1) is 12.7 Å². The summed E-state index contributed by atoms with van der Waals surface area (Å²) in [7, 11) is 2.18. The summed E-state index contributed by atoms with van der Waals surface area (Å²) in [6.07, 6.45) is -4.81. The standard InChI is InChI=1S/C22H23F3O6/c1-13(17-12-18(28-4)15(3)19(26)31-17)11-14(2)30-20(27)21(29-5,22(23,24)25)16-9-7-6-8-10-16/h6-12,14H,1-5H3/b13-11+/t14?,21-/m0/s1. The fourth-order valence-electron chi connectivity index (χ4n) is 3.05. The molecular formula is C22H23F3O6. The molecule has 1 aromatic carbocycles. The summed E-state index contributed by atoms with van der Waals surface area (Å²) in [5.74, 6) is -1.19. The summed E-state index contributed by atoms with van der Waals surface area (Å²) < 4.78 is 61.9. The van der Waals surface area contributed by atoms with E-state index in [1.807, 2.05) is 0 Å². The van der Waals surface area contributed by atoms with Crippen molar-refractivity contribution >= 4 is 11.5 Å². The van der Waals surface area contributed by atoms with Crippen molar-refractivity contribution in [3.05, 3.63) is 69.8 Å². The molecule has 2 rings (SSSR count). The number of alkyl halides is 3. The van der Waals surface area contributed by atoms with Crippen LogP contribution in [0.3, 0.4) is 0 Å². The molecule has 0 N–H and O–H groups in total. The first-order valence-corrected chi connectivity index (χ1v) is 9.24. The van der Waals surface area contributed by atoms with Crippen LogP contribution in [0.2, 0.25) is 0 Å². The van der Waals surface area contributed by atoms with Crippen LogP contribution in [0.1, 0.15) is 30.7 Å². The molecule has 31 heavy (non-hydrogen) atoms. The van der Waals surface area contributed by atoms with Crippen LogP contribution in [-0.2, 0) is 19.9 Å². The van der Waals surface area contributed by atoms with Crippen molar-refractivity contribution in [3.63, 3.8) is 0 Å². The minimum Gasteiger partial charge on any atom is -0.496 e. The second-order valence-corrected chi connectivity index (χ2v) is 6.80. The molecule has 6 nitrogen and oxygen atoms in total. The monoisotopic (exact) mass is 440 g/mol. The topological polar surface area (TPSA) is 75.0 Å². The zero-order valence-electron chi connectivity index (χ0n) is 17.7. The number of allylic oxidation sites excluding steroid dienone is 1. The van der Waals surface area contributed by atoms with Gasteiger partial charge >= 0.3 is 17.8 Å². The Morgan fingerprint density at radius 3 is 2.29 bits per heavy atom. The van der Waals surface area contributed by atoms with E-state index < -0.39 is 35.0 Å². The minimum absolute atomic E-state index is 0.132. The number of ether oxygens (including phenoxy) is 3. The van der Waals surface area contributed by atoms with E-state index in [0.29, 0.717) is 11.3 Å². The molecule has 0 aliphatic rings. The lowest BCUT2D eigenvalue weighted by Crippen LogP contribution is -2.52. The largest absolute Gasteiger partial charge is 0.496 e. The highest BCUT2D eigenvalue weighted by Gasteiger charge is 2.64. The van der Waals surface area contributed by atoms with Crippen molar-refractivity contribution in [2.45, 2.75) is 38.7 Å². The molecular weight excluding hydrogens is 417 g/mol. The van der Waals surface area contributed by atoms with E-state index in [9.17, 15) is 22.8 Å². The van der Waals surface area contributed by atoms with Crippen LogP contribution in [0.5, 0.6) is 5.75 Å². The van der Waals surface area contributed by atoms with E-state index >= 15 is 0 Å². The summed E-state index contributed by atoms with van der Waals surface area (Å²) in [4.78, 5) is 24.6. The Kier molecular flexibility index (Phi) is 7.32. The van der Waals surface area contributed by atoms with Crippen molar-refractivity contribution in [1.82, 2.24) is 0 Å². The highest BCUT2D eigenvalue weighted by Crippen LogP contribution is 2.43. The maximum absolute atomic E-state index is 14.0. The average Bonchev–Trinajstić information content (AvgIpc) is 2.70. The molecule has 0 spiro atoms. The molecule has 1 unspecified atom stereocenters. The molecule has 0 saturated carbocycles. The zero-order valence-corrected chi connectivity index (χ0v) is 17.7. The number of carbonyl (C=O) groups is 1. The summed E-state index contributed by atoms with van der Waals surface area (Å²) in [5, 5.41) is 0. The van der Waals surface area contributed by atoms with Gasteiger partial charge in [-0.2, -0.15) is 13.2 Å². The van der Waals surface area contributed by atoms with Gasteiger partial charge in [0.25, 0.3) is 5.60 Å². The summed E-state index contributed by atoms with van der Waals surface area (Å²) >= 11 is 0. The number of halogens is 3. The van der Waals surface area contributed by atoms with Gasteiger partial charge in [-0.1, -0.05) is 30.3 Å². The third-order valence-electron chi connectivity index (χ3n) is 4.70. The van der Waals surface area contributed by atoms with Crippen LogP contribution in [-0.4, -0.2) is 32.5 Å². The van der Waals surface area contributed by atoms with Gasteiger partial charge in [0.1, 0.15) is 17.6 Å². The van der Waals surface area contributed by atoms with Crippen molar-refractivity contribution in [2.75, 3.05) is 14.2 Å². The quantitative estimate of drug-likeness (QED) is 0.595. The lowest BCUT2D eigenvalue weighted by atomic mass is 9.92. The van der Waals surface area contributed by atoms with Crippen LogP contribution < -0.4 is 10.4 Å². The molecule has 0 fully saturated rings. The lowest BCUT2D eigenvalue weighted by molar-refractivity contribution is -0.277. The fraction of sp³-hybridized carbons (Fsp3) is 0.364. The average molecular weight is 440 g/mol. The Balaban J connectivity index is 2.37. The highest BCUT2D eigenvalue weighted by molar-refractivity contribution is 5.83. The molecule has 168 valence electrons. The molecule has 1 aromatic heterocycles. The van der Waals surface area contributed by atoms with E-state index in [1.165, 1.54) is 51.3 Å². The number of hydrogen-bond acceptors (Lipinski definition) is 6. The van der Waals surface area contributed by atoms with Gasteiger partial charge in [-0.05, 0) is 32.4 Å². The molecule has 9 heteroatoms. The predicted octanol–water partition coefficient (Wildman–Crippen LogP) is 4.40. The highest BCUT2D eigenvalue weighted by atomic mass is 19.4. The van der Waals surface area contributed by atoms with Crippen LogP contribution >= 0.6 is 0 Å². The number of esters is 1. The lowest BCUT2D eigenvalue weighted by Gasteiger charge is -2.33. The van der Waals surface area contributed by atoms with E-state index in [2.05, 4.69) is 0 Å². The molecule has 0 saturated heterocycles. The maximum atomic E-state index is 14.0.